The Labute approximate surface area is 246 Å². The third kappa shape index (κ3) is 6.34. The van der Waals surface area contributed by atoms with Crippen molar-refractivity contribution < 1.29 is 23.5 Å². The molecule has 1 unspecified atom stereocenters. The second-order valence-corrected chi connectivity index (χ2v) is 12.1. The fourth-order valence-electron chi connectivity index (χ4n) is 5.97. The lowest BCUT2D eigenvalue weighted by molar-refractivity contribution is -0.145. The largest absolute Gasteiger partial charge is 0.374 e. The van der Waals surface area contributed by atoms with E-state index >= 15 is 0 Å². The van der Waals surface area contributed by atoms with Crippen LogP contribution in [0.4, 0.5) is 4.39 Å². The SMILES string of the molecule is CC(C)(N)C(=O)N[C@H](COCc1ccccc1)C(=O)N1CCN2C(N3CCCC3)=CC(=O)C2(Cc2ccc(F)cc2)C1. The minimum absolute atomic E-state index is 0.0497. The molecule has 0 radical (unpaired) electrons. The van der Waals surface area contributed by atoms with E-state index in [-0.39, 0.29) is 37.3 Å². The molecular weight excluding hydrogens is 537 g/mol. The summed E-state index contributed by atoms with van der Waals surface area (Å²) in [6, 6.07) is 14.7. The molecule has 2 amide bonds. The van der Waals surface area contributed by atoms with Crippen molar-refractivity contribution in [2.75, 3.05) is 39.3 Å². The number of rotatable bonds is 10. The van der Waals surface area contributed by atoms with Crippen molar-refractivity contribution in [3.63, 3.8) is 0 Å². The number of halogens is 1. The second-order valence-electron chi connectivity index (χ2n) is 12.1. The molecule has 5 rings (SSSR count). The Kier molecular flexibility index (Phi) is 8.65. The number of carbonyl (C=O) groups excluding carboxylic acids is 3. The number of ether oxygens (including phenoxy) is 1. The van der Waals surface area contributed by atoms with Crippen LogP contribution in [0, 0.1) is 5.82 Å². The quantitative estimate of drug-likeness (QED) is 0.446. The van der Waals surface area contributed by atoms with Crippen LogP contribution in [0.25, 0.3) is 0 Å². The van der Waals surface area contributed by atoms with Crippen LogP contribution in [0.15, 0.2) is 66.5 Å². The first-order chi connectivity index (χ1) is 20.1. The summed E-state index contributed by atoms with van der Waals surface area (Å²) in [7, 11) is 0. The lowest BCUT2D eigenvalue weighted by Crippen LogP contribution is -2.67. The molecule has 0 saturated carbocycles. The molecule has 9 nitrogen and oxygen atoms in total. The summed E-state index contributed by atoms with van der Waals surface area (Å²) in [6.07, 6.45) is 4.16. The van der Waals surface area contributed by atoms with E-state index in [1.54, 1.807) is 37.0 Å². The van der Waals surface area contributed by atoms with Gasteiger partial charge in [-0.25, -0.2) is 4.39 Å². The number of ketones is 1. The molecule has 42 heavy (non-hydrogen) atoms. The Morgan fingerprint density at radius 3 is 2.38 bits per heavy atom. The summed E-state index contributed by atoms with van der Waals surface area (Å²) in [5, 5.41) is 2.79. The Hall–Kier alpha value is -3.76. The first-order valence-corrected chi connectivity index (χ1v) is 14.6. The van der Waals surface area contributed by atoms with Gasteiger partial charge in [0.15, 0.2) is 5.78 Å². The van der Waals surface area contributed by atoms with E-state index in [9.17, 15) is 18.8 Å². The van der Waals surface area contributed by atoms with E-state index in [4.69, 9.17) is 10.5 Å². The highest BCUT2D eigenvalue weighted by Crippen LogP contribution is 2.38. The molecule has 0 aromatic heterocycles. The van der Waals surface area contributed by atoms with Crippen LogP contribution in [-0.4, -0.2) is 88.7 Å². The molecule has 224 valence electrons. The smallest absolute Gasteiger partial charge is 0.247 e. The average Bonchev–Trinajstić information content (AvgIpc) is 3.60. The molecule has 3 aliphatic rings. The number of piperazine rings is 1. The summed E-state index contributed by atoms with van der Waals surface area (Å²) >= 11 is 0. The maximum atomic E-state index is 14.1. The standard InChI is InChI=1S/C32H40FN5O4/c1-31(2,34)30(41)35-26(21-42-20-24-8-4-3-5-9-24)29(40)37-16-17-38-28(36-14-6-7-15-36)18-27(39)32(38,22-37)19-23-10-12-25(33)13-11-23/h3-5,8-13,18,26H,6-7,14-17,19-22,34H2,1-2H3,(H,35,41)/t26-,32?/m1/s1. The molecule has 3 aliphatic heterocycles. The Bertz CT molecular complexity index is 1320. The van der Waals surface area contributed by atoms with Gasteiger partial charge in [-0.1, -0.05) is 42.5 Å². The van der Waals surface area contributed by atoms with Crippen LogP contribution < -0.4 is 11.1 Å². The van der Waals surface area contributed by atoms with Gasteiger partial charge in [-0.3, -0.25) is 14.4 Å². The van der Waals surface area contributed by atoms with Crippen molar-refractivity contribution in [1.29, 1.82) is 0 Å². The molecule has 3 N–H and O–H groups in total. The van der Waals surface area contributed by atoms with Gasteiger partial charge in [0.05, 0.1) is 25.3 Å². The minimum atomic E-state index is -1.20. The van der Waals surface area contributed by atoms with Crippen molar-refractivity contribution in [2.45, 2.75) is 56.8 Å². The van der Waals surface area contributed by atoms with Gasteiger partial charge in [0.25, 0.3) is 0 Å². The zero-order valence-corrected chi connectivity index (χ0v) is 24.4. The van der Waals surface area contributed by atoms with E-state index in [0.717, 1.165) is 42.9 Å². The normalized spacial score (nSPS) is 21.3. The highest BCUT2D eigenvalue weighted by molar-refractivity contribution is 6.02. The third-order valence-electron chi connectivity index (χ3n) is 8.29. The van der Waals surface area contributed by atoms with Crippen LogP contribution in [0.3, 0.4) is 0 Å². The van der Waals surface area contributed by atoms with E-state index in [0.29, 0.717) is 19.5 Å². The number of likely N-dealkylation sites (tertiary alicyclic amines) is 1. The molecular formula is C32H40FN5O4. The summed E-state index contributed by atoms with van der Waals surface area (Å²) in [5.41, 5.74) is 5.56. The van der Waals surface area contributed by atoms with Crippen molar-refractivity contribution in [1.82, 2.24) is 20.0 Å². The molecule has 2 aromatic carbocycles. The van der Waals surface area contributed by atoms with Crippen LogP contribution in [-0.2, 0) is 32.1 Å². The highest BCUT2D eigenvalue weighted by atomic mass is 19.1. The lowest BCUT2D eigenvalue weighted by atomic mass is 9.84. The monoisotopic (exact) mass is 577 g/mol. The number of hydrogen-bond donors (Lipinski definition) is 2. The fraction of sp³-hybridized carbons (Fsp3) is 0.469. The van der Waals surface area contributed by atoms with Gasteiger partial charge >= 0.3 is 0 Å². The number of nitrogens with zero attached hydrogens (tertiary/aromatic N) is 3. The fourth-order valence-corrected chi connectivity index (χ4v) is 5.97. The topological polar surface area (TPSA) is 108 Å². The Morgan fingerprint density at radius 2 is 1.71 bits per heavy atom. The third-order valence-corrected chi connectivity index (χ3v) is 8.29. The van der Waals surface area contributed by atoms with Gasteiger partial charge in [-0.2, -0.15) is 0 Å². The van der Waals surface area contributed by atoms with E-state index in [2.05, 4.69) is 15.1 Å². The van der Waals surface area contributed by atoms with E-state index in [1.807, 2.05) is 30.3 Å². The number of carbonyl (C=O) groups is 3. The zero-order chi connectivity index (χ0) is 29.9. The van der Waals surface area contributed by atoms with Crippen LogP contribution in [0.2, 0.25) is 0 Å². The van der Waals surface area contributed by atoms with Crippen molar-refractivity contribution in [2.24, 2.45) is 5.73 Å². The van der Waals surface area contributed by atoms with Crippen LogP contribution in [0.1, 0.15) is 37.8 Å². The van der Waals surface area contributed by atoms with Gasteiger partial charge in [0.1, 0.15) is 23.2 Å². The molecule has 2 aromatic rings. The predicted molar refractivity (Wildman–Crippen MR) is 156 cm³/mol. The molecule has 0 spiro atoms. The molecule has 3 heterocycles. The number of benzene rings is 2. The lowest BCUT2D eigenvalue weighted by Gasteiger charge is -2.49. The summed E-state index contributed by atoms with van der Waals surface area (Å²) in [6.45, 7) is 6.10. The molecule has 2 fully saturated rings. The Morgan fingerprint density at radius 1 is 1.02 bits per heavy atom. The van der Waals surface area contributed by atoms with Gasteiger partial charge in [-0.15, -0.1) is 0 Å². The predicted octanol–water partition coefficient (Wildman–Crippen LogP) is 2.21. The van der Waals surface area contributed by atoms with E-state index in [1.165, 1.54) is 12.1 Å². The number of hydrogen-bond acceptors (Lipinski definition) is 7. The first kappa shape index (κ1) is 29.7. The van der Waals surface area contributed by atoms with Gasteiger partial charge in [-0.05, 0) is 49.9 Å². The maximum absolute atomic E-state index is 14.1. The Balaban J connectivity index is 1.39. The molecule has 2 atom stereocenters. The average molecular weight is 578 g/mol. The van der Waals surface area contributed by atoms with Crippen molar-refractivity contribution in [3.05, 3.63) is 83.4 Å². The number of nitrogens with one attached hydrogen (secondary N) is 1. The molecule has 10 heteroatoms. The second kappa shape index (κ2) is 12.2. The zero-order valence-electron chi connectivity index (χ0n) is 24.4. The van der Waals surface area contributed by atoms with Gasteiger partial charge < -0.3 is 30.5 Å². The summed E-state index contributed by atoms with van der Waals surface area (Å²) in [4.78, 5) is 46.8. The van der Waals surface area contributed by atoms with Crippen LogP contribution >= 0.6 is 0 Å². The number of amides is 2. The number of fused-ring (bicyclic) bond motifs is 1. The first-order valence-electron chi connectivity index (χ1n) is 14.6. The van der Waals surface area contributed by atoms with Crippen molar-refractivity contribution >= 4 is 17.6 Å². The minimum Gasteiger partial charge on any atom is -0.374 e. The van der Waals surface area contributed by atoms with Gasteiger partial charge in [0.2, 0.25) is 11.8 Å². The van der Waals surface area contributed by atoms with E-state index < -0.39 is 23.0 Å². The van der Waals surface area contributed by atoms with Crippen molar-refractivity contribution in [3.8, 4) is 0 Å². The summed E-state index contributed by atoms with van der Waals surface area (Å²) in [5.74, 6) is -0.332. The van der Waals surface area contributed by atoms with Gasteiger partial charge in [0, 0.05) is 38.7 Å². The highest BCUT2D eigenvalue weighted by Gasteiger charge is 2.54. The number of nitrogens with two attached hydrogens (primary N) is 1. The summed E-state index contributed by atoms with van der Waals surface area (Å²) < 4.78 is 19.6. The maximum Gasteiger partial charge on any atom is 0.247 e. The molecule has 0 aliphatic carbocycles. The molecule has 0 bridgehead atoms. The van der Waals surface area contributed by atoms with Crippen LogP contribution in [0.5, 0.6) is 0 Å². The molecule has 2 saturated heterocycles.